The van der Waals surface area contributed by atoms with E-state index in [1.54, 1.807) is 4.90 Å². The zero-order valence-electron chi connectivity index (χ0n) is 14.3. The maximum Gasteiger partial charge on any atom is 0.266 e. The molecule has 0 aliphatic carbocycles. The predicted molar refractivity (Wildman–Crippen MR) is 92.0 cm³/mol. The first-order valence-corrected chi connectivity index (χ1v) is 7.85. The lowest BCUT2D eigenvalue weighted by molar-refractivity contribution is -0.128. The van der Waals surface area contributed by atoms with Crippen molar-refractivity contribution in [3.05, 3.63) is 40.6 Å². The third kappa shape index (κ3) is 4.11. The van der Waals surface area contributed by atoms with Crippen molar-refractivity contribution in [3.63, 3.8) is 0 Å². The van der Waals surface area contributed by atoms with Crippen LogP contribution in [0.4, 0.5) is 5.69 Å². The summed E-state index contributed by atoms with van der Waals surface area (Å²) in [6.07, 6.45) is 1.53. The van der Waals surface area contributed by atoms with Crippen LogP contribution in [0.5, 0.6) is 0 Å². The van der Waals surface area contributed by atoms with Gasteiger partial charge in [0.1, 0.15) is 11.6 Å². The van der Waals surface area contributed by atoms with E-state index in [9.17, 15) is 10.1 Å². The van der Waals surface area contributed by atoms with Crippen LogP contribution in [0.1, 0.15) is 16.7 Å². The number of hydrogen-bond acceptors (Lipinski definition) is 4. The second-order valence-corrected chi connectivity index (χ2v) is 6.18. The number of anilines is 1. The Labute approximate surface area is 138 Å². The summed E-state index contributed by atoms with van der Waals surface area (Å²) in [5.41, 5.74) is 4.50. The molecule has 0 aromatic heterocycles. The smallest absolute Gasteiger partial charge is 0.266 e. The van der Waals surface area contributed by atoms with Crippen LogP contribution in [0.3, 0.4) is 0 Å². The fourth-order valence-electron chi connectivity index (χ4n) is 2.87. The Balaban J connectivity index is 2.14. The van der Waals surface area contributed by atoms with Gasteiger partial charge in [0, 0.05) is 38.1 Å². The molecule has 1 aliphatic heterocycles. The highest BCUT2D eigenvalue weighted by molar-refractivity contribution is 5.97. The van der Waals surface area contributed by atoms with Gasteiger partial charge in [-0.3, -0.25) is 4.79 Å². The molecule has 0 saturated carbocycles. The third-order valence-electron chi connectivity index (χ3n) is 4.18. The van der Waals surface area contributed by atoms with Crippen molar-refractivity contribution < 1.29 is 4.79 Å². The summed E-state index contributed by atoms with van der Waals surface area (Å²) in [7, 11) is 2.04. The summed E-state index contributed by atoms with van der Waals surface area (Å²) in [6, 6.07) is 6.19. The molecule has 1 aliphatic rings. The maximum atomic E-state index is 12.5. The van der Waals surface area contributed by atoms with Gasteiger partial charge in [-0.2, -0.15) is 5.26 Å². The predicted octanol–water partition coefficient (Wildman–Crippen LogP) is 2.21. The van der Waals surface area contributed by atoms with Crippen LogP contribution >= 0.6 is 0 Å². The Hall–Kier alpha value is -2.32. The standard InChI is InChI=1S/C18H24N4O/c1-13-9-14(2)17(15(3)10-13)20-12-16(11-19)18(23)22-7-5-21(4)6-8-22/h9-10,12,20H,5-8H2,1-4H3/b16-12-. The number of amides is 1. The van der Waals surface area contributed by atoms with Crippen LogP contribution in [0.2, 0.25) is 0 Å². The number of nitriles is 1. The number of hydrogen-bond donors (Lipinski definition) is 1. The number of piperazine rings is 1. The van der Waals surface area contributed by atoms with E-state index in [1.807, 2.05) is 27.0 Å². The second-order valence-electron chi connectivity index (χ2n) is 6.18. The van der Waals surface area contributed by atoms with E-state index < -0.39 is 0 Å². The van der Waals surface area contributed by atoms with Crippen LogP contribution in [-0.2, 0) is 4.79 Å². The first-order chi connectivity index (χ1) is 10.9. The zero-order chi connectivity index (χ0) is 17.0. The number of nitrogens with zero attached hydrogens (tertiary/aromatic N) is 3. The summed E-state index contributed by atoms with van der Waals surface area (Å²) < 4.78 is 0. The monoisotopic (exact) mass is 312 g/mol. The van der Waals surface area contributed by atoms with E-state index in [0.29, 0.717) is 13.1 Å². The van der Waals surface area contributed by atoms with Crippen molar-refractivity contribution in [2.24, 2.45) is 0 Å². The summed E-state index contributed by atoms with van der Waals surface area (Å²) in [6.45, 7) is 9.10. The molecule has 1 saturated heterocycles. The fraction of sp³-hybridized carbons (Fsp3) is 0.444. The first kappa shape index (κ1) is 17.0. The van der Waals surface area contributed by atoms with E-state index >= 15 is 0 Å². The van der Waals surface area contributed by atoms with Gasteiger partial charge in [-0.25, -0.2) is 0 Å². The van der Waals surface area contributed by atoms with Crippen LogP contribution in [-0.4, -0.2) is 48.9 Å². The van der Waals surface area contributed by atoms with Gasteiger partial charge in [0.15, 0.2) is 0 Å². The summed E-state index contributed by atoms with van der Waals surface area (Å²) in [4.78, 5) is 16.4. The second kappa shape index (κ2) is 7.30. The largest absolute Gasteiger partial charge is 0.360 e. The Morgan fingerprint density at radius 2 is 1.74 bits per heavy atom. The van der Waals surface area contributed by atoms with Gasteiger partial charge < -0.3 is 15.1 Å². The Morgan fingerprint density at radius 3 is 2.26 bits per heavy atom. The maximum absolute atomic E-state index is 12.5. The van der Waals surface area contributed by atoms with E-state index in [0.717, 1.165) is 29.9 Å². The van der Waals surface area contributed by atoms with Crippen LogP contribution < -0.4 is 5.32 Å². The lowest BCUT2D eigenvalue weighted by Gasteiger charge is -2.32. The number of benzene rings is 1. The highest BCUT2D eigenvalue weighted by Crippen LogP contribution is 2.22. The first-order valence-electron chi connectivity index (χ1n) is 7.85. The molecule has 2 rings (SSSR count). The Kier molecular flexibility index (Phi) is 5.41. The Bertz CT molecular complexity index is 641. The number of carbonyl (C=O) groups excluding carboxylic acids is 1. The summed E-state index contributed by atoms with van der Waals surface area (Å²) in [5, 5.41) is 12.5. The SMILES string of the molecule is Cc1cc(C)c(N/C=C(/C#N)C(=O)N2CCN(C)CC2)c(C)c1. The molecule has 0 atom stereocenters. The molecule has 0 unspecified atom stereocenters. The van der Waals surface area contributed by atoms with Crippen molar-refractivity contribution in [1.82, 2.24) is 9.80 Å². The molecule has 5 nitrogen and oxygen atoms in total. The molecule has 0 bridgehead atoms. The van der Waals surface area contributed by atoms with Crippen molar-refractivity contribution in [2.75, 3.05) is 38.5 Å². The van der Waals surface area contributed by atoms with Gasteiger partial charge in [-0.1, -0.05) is 17.7 Å². The minimum atomic E-state index is -0.199. The lowest BCUT2D eigenvalue weighted by atomic mass is 10.1. The van der Waals surface area contributed by atoms with E-state index in [1.165, 1.54) is 11.8 Å². The summed E-state index contributed by atoms with van der Waals surface area (Å²) in [5.74, 6) is -0.199. The highest BCUT2D eigenvalue weighted by Gasteiger charge is 2.22. The quantitative estimate of drug-likeness (QED) is 0.687. The fourth-order valence-corrected chi connectivity index (χ4v) is 2.87. The molecule has 122 valence electrons. The van der Waals surface area contributed by atoms with Gasteiger partial charge in [0.2, 0.25) is 0 Å². The van der Waals surface area contributed by atoms with E-state index in [4.69, 9.17) is 0 Å². The molecule has 23 heavy (non-hydrogen) atoms. The lowest BCUT2D eigenvalue weighted by Crippen LogP contribution is -2.47. The molecular weight excluding hydrogens is 288 g/mol. The molecule has 1 amide bonds. The average Bonchev–Trinajstić information content (AvgIpc) is 2.50. The van der Waals surface area contributed by atoms with Gasteiger partial charge >= 0.3 is 0 Å². The highest BCUT2D eigenvalue weighted by atomic mass is 16.2. The number of aryl methyl sites for hydroxylation is 3. The van der Waals surface area contributed by atoms with Crippen molar-refractivity contribution >= 4 is 11.6 Å². The van der Waals surface area contributed by atoms with E-state index in [2.05, 4.69) is 29.3 Å². The van der Waals surface area contributed by atoms with Crippen molar-refractivity contribution in [3.8, 4) is 6.07 Å². The van der Waals surface area contributed by atoms with Crippen LogP contribution in [0.15, 0.2) is 23.9 Å². The molecule has 1 N–H and O–H groups in total. The van der Waals surface area contributed by atoms with Gasteiger partial charge in [0.05, 0.1) is 0 Å². The molecule has 1 aromatic carbocycles. The molecule has 1 heterocycles. The minimum absolute atomic E-state index is 0.147. The zero-order valence-corrected chi connectivity index (χ0v) is 14.3. The van der Waals surface area contributed by atoms with Crippen LogP contribution in [0, 0.1) is 32.1 Å². The van der Waals surface area contributed by atoms with Crippen molar-refractivity contribution in [1.29, 1.82) is 5.26 Å². The number of nitrogens with one attached hydrogen (secondary N) is 1. The third-order valence-corrected chi connectivity index (χ3v) is 4.18. The number of carbonyl (C=O) groups is 1. The van der Waals surface area contributed by atoms with E-state index in [-0.39, 0.29) is 11.5 Å². The minimum Gasteiger partial charge on any atom is -0.360 e. The van der Waals surface area contributed by atoms with Gasteiger partial charge in [0.25, 0.3) is 5.91 Å². The molecule has 0 radical (unpaired) electrons. The van der Waals surface area contributed by atoms with Crippen molar-refractivity contribution in [2.45, 2.75) is 20.8 Å². The molecule has 1 fully saturated rings. The molecule has 1 aromatic rings. The topological polar surface area (TPSA) is 59.4 Å². The van der Waals surface area contributed by atoms with Gasteiger partial charge in [-0.05, 0) is 38.9 Å². The van der Waals surface area contributed by atoms with Gasteiger partial charge in [-0.15, -0.1) is 0 Å². The molecule has 0 spiro atoms. The average molecular weight is 312 g/mol. The summed E-state index contributed by atoms with van der Waals surface area (Å²) >= 11 is 0. The normalized spacial score (nSPS) is 16.1. The number of rotatable bonds is 3. The van der Waals surface area contributed by atoms with Crippen LogP contribution in [0.25, 0.3) is 0 Å². The molecular formula is C18H24N4O. The Morgan fingerprint density at radius 1 is 1.17 bits per heavy atom. The number of likely N-dealkylation sites (N-methyl/N-ethyl adjacent to an activating group) is 1. The molecule has 5 heteroatoms.